The topological polar surface area (TPSA) is 110 Å². The molecule has 0 atom stereocenters. The lowest BCUT2D eigenvalue weighted by Gasteiger charge is -2.16. The zero-order valence-electron chi connectivity index (χ0n) is 5.35. The summed E-state index contributed by atoms with van der Waals surface area (Å²) in [6.45, 7) is 0.437. The average Bonchev–Trinajstić information content (AvgIpc) is 1.57. The van der Waals surface area contributed by atoms with Gasteiger partial charge in [0, 0.05) is 0 Å². The summed E-state index contributed by atoms with van der Waals surface area (Å²) in [6.07, 6.45) is 0. The normalized spacial score (nSPS) is 13.7. The molecule has 0 unspecified atom stereocenters. The summed E-state index contributed by atoms with van der Waals surface area (Å²) in [5, 5.41) is 18.7. The monoisotopic (exact) mass is 171 g/mol. The third-order valence-electron chi connectivity index (χ3n) is 0.620. The molecule has 0 heterocycles. The Bertz CT molecular complexity index is 145. The van der Waals surface area contributed by atoms with E-state index in [1.807, 2.05) is 0 Å². The summed E-state index contributed by atoms with van der Waals surface area (Å²) in [7, 11) is -4.33. The van der Waals surface area contributed by atoms with Gasteiger partial charge in [-0.25, -0.2) is 9.65 Å². The Morgan fingerprint density at radius 2 is 1.90 bits per heavy atom. The van der Waals surface area contributed by atoms with Gasteiger partial charge in [0.2, 0.25) is 0 Å². The summed E-state index contributed by atoms with van der Waals surface area (Å²) in [5.41, 5.74) is 0. The molecule has 0 aliphatic carbocycles. The molecule has 5 N–H and O–H groups in total. The molecular weight excluding hydrogens is 161 g/mol. The molecule has 0 saturated heterocycles. The zero-order chi connectivity index (χ0) is 8.41. The molecule has 0 spiro atoms. The fourth-order valence-electron chi connectivity index (χ4n) is 0.253. The standard InChI is InChI=1S/C3H10NO5P/c1-3(5,6)2-4-10(7,8)9/h5-6H,2H2,1H3,(H3,4,7,8,9). The molecular formula is C3H10NO5P. The summed E-state index contributed by atoms with van der Waals surface area (Å²) in [4.78, 5) is 16.3. The van der Waals surface area contributed by atoms with E-state index in [-0.39, 0.29) is 0 Å². The van der Waals surface area contributed by atoms with Crippen LogP contribution in [0.25, 0.3) is 0 Å². The van der Waals surface area contributed by atoms with Crippen molar-refractivity contribution in [1.82, 2.24) is 5.09 Å². The molecule has 10 heavy (non-hydrogen) atoms. The van der Waals surface area contributed by atoms with Crippen LogP contribution in [-0.4, -0.2) is 32.3 Å². The summed E-state index contributed by atoms with van der Waals surface area (Å²) >= 11 is 0. The molecule has 0 aliphatic heterocycles. The van der Waals surface area contributed by atoms with Gasteiger partial charge in [0.25, 0.3) is 0 Å². The highest BCUT2D eigenvalue weighted by atomic mass is 31.2. The number of hydrogen-bond acceptors (Lipinski definition) is 3. The minimum absolute atomic E-state index is 0.572. The van der Waals surface area contributed by atoms with Gasteiger partial charge in [-0.2, -0.15) is 0 Å². The molecule has 0 aromatic heterocycles. The first-order valence-corrected chi connectivity index (χ1v) is 4.07. The second kappa shape index (κ2) is 2.96. The molecule has 0 aliphatic rings. The van der Waals surface area contributed by atoms with Crippen molar-refractivity contribution < 1.29 is 24.6 Å². The van der Waals surface area contributed by atoms with Crippen molar-refractivity contribution in [2.24, 2.45) is 0 Å². The summed E-state index contributed by atoms with van der Waals surface area (Å²) < 4.78 is 10.0. The quantitative estimate of drug-likeness (QED) is 0.257. The van der Waals surface area contributed by atoms with Crippen LogP contribution in [0.1, 0.15) is 6.92 Å². The van der Waals surface area contributed by atoms with Crippen LogP contribution in [0.3, 0.4) is 0 Å². The van der Waals surface area contributed by atoms with Gasteiger partial charge in [0.05, 0.1) is 6.54 Å². The van der Waals surface area contributed by atoms with E-state index in [2.05, 4.69) is 0 Å². The lowest BCUT2D eigenvalue weighted by molar-refractivity contribution is -0.138. The van der Waals surface area contributed by atoms with Gasteiger partial charge in [0.1, 0.15) is 0 Å². The van der Waals surface area contributed by atoms with Crippen LogP contribution in [0.5, 0.6) is 0 Å². The molecule has 0 aromatic rings. The maximum absolute atomic E-state index is 10.0. The van der Waals surface area contributed by atoms with Crippen LogP contribution in [-0.2, 0) is 4.57 Å². The van der Waals surface area contributed by atoms with Gasteiger partial charge in [-0.15, -0.1) is 0 Å². The van der Waals surface area contributed by atoms with Crippen LogP contribution in [0.4, 0.5) is 0 Å². The Morgan fingerprint density at radius 3 is 2.00 bits per heavy atom. The van der Waals surface area contributed by atoms with Crippen molar-refractivity contribution in [3.63, 3.8) is 0 Å². The maximum atomic E-state index is 10.0. The number of rotatable bonds is 3. The Kier molecular flexibility index (Phi) is 2.97. The lowest BCUT2D eigenvalue weighted by Crippen LogP contribution is -2.35. The van der Waals surface area contributed by atoms with Gasteiger partial charge >= 0.3 is 7.75 Å². The van der Waals surface area contributed by atoms with Gasteiger partial charge in [-0.1, -0.05) is 0 Å². The molecule has 0 aromatic carbocycles. The second-order valence-corrected chi connectivity index (χ2v) is 3.50. The van der Waals surface area contributed by atoms with Crippen LogP contribution in [0.15, 0.2) is 0 Å². The first kappa shape index (κ1) is 10.0. The minimum Gasteiger partial charge on any atom is -0.365 e. The smallest absolute Gasteiger partial charge is 0.365 e. The van der Waals surface area contributed by atoms with E-state index < -0.39 is 20.1 Å². The van der Waals surface area contributed by atoms with Crippen molar-refractivity contribution >= 4 is 7.75 Å². The van der Waals surface area contributed by atoms with Crippen LogP contribution in [0.2, 0.25) is 0 Å². The summed E-state index contributed by atoms with van der Waals surface area (Å²) in [6, 6.07) is 0. The lowest BCUT2D eigenvalue weighted by atomic mass is 10.3. The van der Waals surface area contributed by atoms with E-state index >= 15 is 0 Å². The highest BCUT2D eigenvalue weighted by Crippen LogP contribution is 2.27. The molecule has 6 nitrogen and oxygen atoms in total. The van der Waals surface area contributed by atoms with Gasteiger partial charge in [0.15, 0.2) is 5.79 Å². The summed E-state index contributed by atoms with van der Waals surface area (Å²) in [5.74, 6) is -2.10. The zero-order valence-corrected chi connectivity index (χ0v) is 6.25. The van der Waals surface area contributed by atoms with Crippen molar-refractivity contribution in [3.05, 3.63) is 0 Å². The van der Waals surface area contributed by atoms with Crippen LogP contribution >= 0.6 is 7.75 Å². The Balaban J connectivity index is 3.67. The fourth-order valence-corrected chi connectivity index (χ4v) is 0.758. The predicted octanol–water partition coefficient (Wildman–Crippen LogP) is -1.63. The highest BCUT2D eigenvalue weighted by Gasteiger charge is 2.20. The molecule has 0 fully saturated rings. The Morgan fingerprint density at radius 1 is 1.50 bits per heavy atom. The van der Waals surface area contributed by atoms with Crippen LogP contribution < -0.4 is 5.09 Å². The van der Waals surface area contributed by atoms with Crippen LogP contribution in [0, 0.1) is 0 Å². The molecule has 0 bridgehead atoms. The SMILES string of the molecule is CC(O)(O)CNP(=O)(O)O. The predicted molar refractivity (Wildman–Crippen MR) is 32.9 cm³/mol. The van der Waals surface area contributed by atoms with Crippen molar-refractivity contribution in [2.45, 2.75) is 12.7 Å². The first-order chi connectivity index (χ1) is 4.21. The van der Waals surface area contributed by atoms with Crippen molar-refractivity contribution in [2.75, 3.05) is 6.54 Å². The van der Waals surface area contributed by atoms with Crippen molar-refractivity contribution in [3.8, 4) is 0 Å². The van der Waals surface area contributed by atoms with Crippen molar-refractivity contribution in [1.29, 1.82) is 0 Å². The third kappa shape index (κ3) is 8.03. The molecule has 0 radical (unpaired) electrons. The second-order valence-electron chi connectivity index (χ2n) is 2.10. The number of hydrogen-bond donors (Lipinski definition) is 5. The highest BCUT2D eigenvalue weighted by molar-refractivity contribution is 7.49. The third-order valence-corrected chi connectivity index (χ3v) is 1.19. The maximum Gasteiger partial charge on any atom is 0.400 e. The van der Waals surface area contributed by atoms with E-state index in [0.717, 1.165) is 6.92 Å². The number of aliphatic hydroxyl groups is 2. The average molecular weight is 171 g/mol. The van der Waals surface area contributed by atoms with Gasteiger partial charge in [-0.05, 0) is 6.92 Å². The Hall–Kier alpha value is 0.0300. The first-order valence-electron chi connectivity index (χ1n) is 2.46. The van der Waals surface area contributed by atoms with E-state index in [9.17, 15) is 4.57 Å². The van der Waals surface area contributed by atoms with Gasteiger partial charge in [-0.3, -0.25) is 0 Å². The van der Waals surface area contributed by atoms with E-state index in [0.29, 0.717) is 0 Å². The molecule has 0 rings (SSSR count). The molecule has 0 saturated carbocycles. The largest absolute Gasteiger partial charge is 0.400 e. The fraction of sp³-hybridized carbons (Fsp3) is 1.00. The molecule has 7 heteroatoms. The van der Waals surface area contributed by atoms with E-state index in [1.54, 1.807) is 5.09 Å². The van der Waals surface area contributed by atoms with Gasteiger partial charge < -0.3 is 20.0 Å². The molecule has 62 valence electrons. The number of nitrogens with one attached hydrogen (secondary N) is 1. The van der Waals surface area contributed by atoms with E-state index in [1.165, 1.54) is 0 Å². The molecule has 0 amide bonds. The Labute approximate surface area is 57.7 Å². The minimum atomic E-state index is -4.33. The van der Waals surface area contributed by atoms with E-state index in [4.69, 9.17) is 20.0 Å².